The Hall–Kier alpha value is -0.200. The molecule has 0 amide bonds. The van der Waals surface area contributed by atoms with Crippen molar-refractivity contribution in [2.45, 2.75) is 19.3 Å². The maximum Gasteiger partial charge on any atom is 0.0408 e. The smallest absolute Gasteiger partial charge is 0.0408 e. The summed E-state index contributed by atoms with van der Waals surface area (Å²) in [5.41, 5.74) is 1.30. The van der Waals surface area contributed by atoms with Crippen molar-refractivity contribution in [2.24, 2.45) is 0 Å². The third kappa shape index (κ3) is 3.46. The molecule has 12 heavy (non-hydrogen) atoms. The Morgan fingerprint density at radius 1 is 1.17 bits per heavy atom. The van der Waals surface area contributed by atoms with Crippen molar-refractivity contribution in [3.05, 3.63) is 34.9 Å². The summed E-state index contributed by atoms with van der Waals surface area (Å²) in [5, 5.41) is 0.818. The van der Waals surface area contributed by atoms with Crippen molar-refractivity contribution >= 4 is 23.2 Å². The van der Waals surface area contributed by atoms with E-state index in [2.05, 4.69) is 6.07 Å². The largest absolute Gasteiger partial charge is 0.127 e. The zero-order valence-corrected chi connectivity index (χ0v) is 8.41. The fraction of sp³-hybridized carbons (Fsp3) is 0.400. The number of hydrogen-bond acceptors (Lipinski definition) is 0. The Morgan fingerprint density at radius 3 is 2.67 bits per heavy atom. The molecule has 0 spiro atoms. The van der Waals surface area contributed by atoms with Gasteiger partial charge in [0.05, 0.1) is 0 Å². The van der Waals surface area contributed by atoms with Gasteiger partial charge in [0, 0.05) is 10.9 Å². The van der Waals surface area contributed by atoms with Crippen molar-refractivity contribution < 1.29 is 0 Å². The van der Waals surface area contributed by atoms with E-state index in [-0.39, 0.29) is 0 Å². The molecule has 66 valence electrons. The van der Waals surface area contributed by atoms with Crippen molar-refractivity contribution in [3.63, 3.8) is 0 Å². The first-order valence-corrected chi connectivity index (χ1v) is 5.04. The van der Waals surface area contributed by atoms with E-state index < -0.39 is 0 Å². The van der Waals surface area contributed by atoms with Gasteiger partial charge in [-0.1, -0.05) is 23.7 Å². The molecular formula is C10H12Cl2. The van der Waals surface area contributed by atoms with Crippen LogP contribution in [0.5, 0.6) is 0 Å². The minimum Gasteiger partial charge on any atom is -0.127 e. The third-order valence-corrected chi connectivity index (χ3v) is 2.24. The van der Waals surface area contributed by atoms with Crippen LogP contribution in [0.2, 0.25) is 5.02 Å². The highest BCUT2D eigenvalue weighted by atomic mass is 35.5. The molecule has 0 saturated heterocycles. The standard InChI is InChI=1S/C10H12Cl2/c11-7-2-1-4-9-5-3-6-10(12)8-9/h3,5-6,8H,1-2,4,7H2. The molecule has 0 nitrogen and oxygen atoms in total. The van der Waals surface area contributed by atoms with Crippen LogP contribution in [0, 0.1) is 0 Å². The monoisotopic (exact) mass is 202 g/mol. The Labute approximate surface area is 83.5 Å². The molecule has 0 heterocycles. The second-order valence-corrected chi connectivity index (χ2v) is 3.59. The summed E-state index contributed by atoms with van der Waals surface area (Å²) < 4.78 is 0. The third-order valence-electron chi connectivity index (χ3n) is 1.74. The molecule has 0 aliphatic heterocycles. The summed E-state index contributed by atoms with van der Waals surface area (Å²) >= 11 is 11.4. The lowest BCUT2D eigenvalue weighted by atomic mass is 10.1. The molecule has 0 aromatic heterocycles. The van der Waals surface area contributed by atoms with Gasteiger partial charge in [-0.15, -0.1) is 11.6 Å². The lowest BCUT2D eigenvalue weighted by Gasteiger charge is -1.99. The molecule has 0 aliphatic carbocycles. The van der Waals surface area contributed by atoms with E-state index in [1.54, 1.807) is 0 Å². The predicted octanol–water partition coefficient (Wildman–Crippen LogP) is 3.90. The number of unbranched alkanes of at least 4 members (excludes halogenated alkanes) is 1. The lowest BCUT2D eigenvalue weighted by Crippen LogP contribution is -1.85. The number of alkyl halides is 1. The highest BCUT2D eigenvalue weighted by molar-refractivity contribution is 6.30. The maximum absolute atomic E-state index is 5.83. The molecule has 1 rings (SSSR count). The summed E-state index contributed by atoms with van der Waals surface area (Å²) in [7, 11) is 0. The van der Waals surface area contributed by atoms with Crippen LogP contribution >= 0.6 is 23.2 Å². The van der Waals surface area contributed by atoms with Crippen molar-refractivity contribution in [1.82, 2.24) is 0 Å². The average Bonchev–Trinajstić information content (AvgIpc) is 2.05. The molecule has 0 N–H and O–H groups in total. The number of halogens is 2. The SMILES string of the molecule is ClCCCCc1cccc(Cl)c1. The first kappa shape index (κ1) is 9.88. The molecule has 0 atom stereocenters. The average molecular weight is 203 g/mol. The van der Waals surface area contributed by atoms with Crippen LogP contribution in [0.3, 0.4) is 0 Å². The molecule has 1 aromatic rings. The van der Waals surface area contributed by atoms with Crippen molar-refractivity contribution in [3.8, 4) is 0 Å². The Morgan fingerprint density at radius 2 is 2.00 bits per heavy atom. The fourth-order valence-corrected chi connectivity index (χ4v) is 1.52. The number of aryl methyl sites for hydroxylation is 1. The van der Waals surface area contributed by atoms with Gasteiger partial charge in [0.1, 0.15) is 0 Å². The van der Waals surface area contributed by atoms with E-state index in [1.807, 2.05) is 18.2 Å². The Balaban J connectivity index is 2.41. The van der Waals surface area contributed by atoms with Gasteiger partial charge in [0.15, 0.2) is 0 Å². The van der Waals surface area contributed by atoms with Gasteiger partial charge in [0.2, 0.25) is 0 Å². The van der Waals surface area contributed by atoms with Crippen LogP contribution < -0.4 is 0 Å². The summed E-state index contributed by atoms with van der Waals surface area (Å²) in [4.78, 5) is 0. The molecule has 0 radical (unpaired) electrons. The first-order valence-electron chi connectivity index (χ1n) is 4.13. The molecule has 0 unspecified atom stereocenters. The Bertz CT molecular complexity index is 233. The van der Waals surface area contributed by atoms with E-state index in [0.717, 1.165) is 30.2 Å². The molecule has 1 aromatic carbocycles. The van der Waals surface area contributed by atoms with Gasteiger partial charge in [-0.3, -0.25) is 0 Å². The van der Waals surface area contributed by atoms with Crippen molar-refractivity contribution in [2.75, 3.05) is 5.88 Å². The number of rotatable bonds is 4. The summed E-state index contributed by atoms with van der Waals surface area (Å²) in [6.07, 6.45) is 3.30. The molecular weight excluding hydrogens is 191 g/mol. The summed E-state index contributed by atoms with van der Waals surface area (Å²) in [6, 6.07) is 7.99. The zero-order chi connectivity index (χ0) is 8.81. The first-order chi connectivity index (χ1) is 5.83. The van der Waals surface area contributed by atoms with E-state index in [1.165, 1.54) is 5.56 Å². The minimum absolute atomic E-state index is 0.751. The number of benzene rings is 1. The predicted molar refractivity (Wildman–Crippen MR) is 55.1 cm³/mol. The zero-order valence-electron chi connectivity index (χ0n) is 6.89. The van der Waals surface area contributed by atoms with Crippen LogP contribution in [-0.4, -0.2) is 5.88 Å². The maximum atomic E-state index is 5.83. The van der Waals surface area contributed by atoms with Crippen molar-refractivity contribution in [1.29, 1.82) is 0 Å². The minimum atomic E-state index is 0.751. The van der Waals surface area contributed by atoms with Gasteiger partial charge in [-0.05, 0) is 37.0 Å². The lowest BCUT2D eigenvalue weighted by molar-refractivity contribution is 0.800. The Kier molecular flexibility index (Phi) is 4.49. The van der Waals surface area contributed by atoms with Gasteiger partial charge in [-0.25, -0.2) is 0 Å². The van der Waals surface area contributed by atoms with Gasteiger partial charge >= 0.3 is 0 Å². The molecule has 2 heteroatoms. The topological polar surface area (TPSA) is 0 Å². The van der Waals surface area contributed by atoms with E-state index in [0.29, 0.717) is 0 Å². The summed E-state index contributed by atoms with van der Waals surface area (Å²) in [6.45, 7) is 0. The van der Waals surface area contributed by atoms with Gasteiger partial charge in [0.25, 0.3) is 0 Å². The van der Waals surface area contributed by atoms with Crippen LogP contribution in [0.4, 0.5) is 0 Å². The molecule has 0 fully saturated rings. The summed E-state index contributed by atoms with van der Waals surface area (Å²) in [5.74, 6) is 0.751. The quantitative estimate of drug-likeness (QED) is 0.514. The van der Waals surface area contributed by atoms with Crippen LogP contribution in [0.25, 0.3) is 0 Å². The molecule has 0 bridgehead atoms. The molecule has 0 saturated carbocycles. The second-order valence-electron chi connectivity index (χ2n) is 2.78. The second kappa shape index (κ2) is 5.45. The molecule has 0 aliphatic rings. The van der Waals surface area contributed by atoms with E-state index >= 15 is 0 Å². The van der Waals surface area contributed by atoms with Gasteiger partial charge in [-0.2, -0.15) is 0 Å². The highest BCUT2D eigenvalue weighted by Gasteiger charge is 1.93. The number of hydrogen-bond donors (Lipinski definition) is 0. The highest BCUT2D eigenvalue weighted by Crippen LogP contribution is 2.12. The van der Waals surface area contributed by atoms with E-state index in [4.69, 9.17) is 23.2 Å². The van der Waals surface area contributed by atoms with E-state index in [9.17, 15) is 0 Å². The van der Waals surface area contributed by atoms with Crippen LogP contribution in [-0.2, 0) is 6.42 Å². The van der Waals surface area contributed by atoms with Crippen LogP contribution in [0.1, 0.15) is 18.4 Å². The van der Waals surface area contributed by atoms with Crippen LogP contribution in [0.15, 0.2) is 24.3 Å². The fourth-order valence-electron chi connectivity index (χ4n) is 1.12. The van der Waals surface area contributed by atoms with Gasteiger partial charge < -0.3 is 0 Å². The normalized spacial score (nSPS) is 10.2.